The summed E-state index contributed by atoms with van der Waals surface area (Å²) in [5, 5.41) is 7.60. The third-order valence-electron chi connectivity index (χ3n) is 5.36. The van der Waals surface area contributed by atoms with Gasteiger partial charge in [0.05, 0.1) is 0 Å². The highest BCUT2D eigenvalue weighted by Gasteiger charge is 2.17. The molecule has 0 N–H and O–H groups in total. The number of benzene rings is 4. The number of fused-ring (bicyclic) bond motifs is 7. The lowest BCUT2D eigenvalue weighted by molar-refractivity contribution is 0.656. The molecule has 1 heterocycles. The highest BCUT2D eigenvalue weighted by molar-refractivity contribution is 6.23. The Morgan fingerprint density at radius 3 is 2.32 bits per heavy atom. The molecule has 0 spiro atoms. The van der Waals surface area contributed by atoms with E-state index in [4.69, 9.17) is 4.42 Å². The molecule has 1 aromatic heterocycles. The largest absolute Gasteiger partial charge is 0.456 e. The van der Waals surface area contributed by atoms with Crippen LogP contribution in [-0.4, -0.2) is 0 Å². The zero-order valence-corrected chi connectivity index (χ0v) is 14.8. The maximum absolute atomic E-state index is 6.35. The van der Waals surface area contributed by atoms with E-state index in [9.17, 15) is 0 Å². The molecule has 0 amide bonds. The summed E-state index contributed by atoms with van der Waals surface area (Å²) in [6.07, 6.45) is 0. The molecule has 25 heavy (non-hydrogen) atoms. The van der Waals surface area contributed by atoms with Gasteiger partial charge in [-0.25, -0.2) is 0 Å². The molecule has 0 atom stereocenters. The zero-order chi connectivity index (χ0) is 17.1. The molecule has 0 aliphatic rings. The Morgan fingerprint density at radius 1 is 0.720 bits per heavy atom. The van der Waals surface area contributed by atoms with Gasteiger partial charge in [-0.05, 0) is 46.0 Å². The first-order chi connectivity index (χ1) is 12.1. The molecule has 1 heteroatoms. The summed E-state index contributed by atoms with van der Waals surface area (Å²) in [6, 6.07) is 21.8. The summed E-state index contributed by atoms with van der Waals surface area (Å²) in [7, 11) is 0. The van der Waals surface area contributed by atoms with E-state index in [0.717, 1.165) is 11.2 Å². The molecule has 0 unspecified atom stereocenters. The smallest absolute Gasteiger partial charge is 0.139 e. The molecule has 0 fully saturated rings. The summed E-state index contributed by atoms with van der Waals surface area (Å²) in [5.74, 6) is 0.441. The van der Waals surface area contributed by atoms with Crippen molar-refractivity contribution in [2.75, 3.05) is 0 Å². The molecule has 0 aliphatic carbocycles. The van der Waals surface area contributed by atoms with Gasteiger partial charge in [-0.3, -0.25) is 0 Å². The first kappa shape index (κ1) is 14.5. The SMILES string of the molecule is Cc1ccc2c(oc3ccc4c5ccccc5ccc4c32)c1C(C)C. The number of rotatable bonds is 1. The predicted octanol–water partition coefficient (Wildman–Crippen LogP) is 7.32. The summed E-state index contributed by atoms with van der Waals surface area (Å²) < 4.78 is 6.35. The van der Waals surface area contributed by atoms with E-state index < -0.39 is 0 Å². The number of furan rings is 1. The molecule has 4 aromatic carbocycles. The Bertz CT molecular complexity index is 1270. The normalized spacial score (nSPS) is 12.2. The Balaban J connectivity index is 2.02. The minimum atomic E-state index is 0.441. The zero-order valence-electron chi connectivity index (χ0n) is 14.8. The minimum Gasteiger partial charge on any atom is -0.456 e. The van der Waals surface area contributed by atoms with Crippen LogP contribution in [-0.2, 0) is 0 Å². The Labute approximate surface area is 146 Å². The van der Waals surface area contributed by atoms with Gasteiger partial charge in [0.1, 0.15) is 11.2 Å². The van der Waals surface area contributed by atoms with Crippen molar-refractivity contribution in [2.45, 2.75) is 26.7 Å². The van der Waals surface area contributed by atoms with Gasteiger partial charge in [0.2, 0.25) is 0 Å². The summed E-state index contributed by atoms with van der Waals surface area (Å²) >= 11 is 0. The Morgan fingerprint density at radius 2 is 1.48 bits per heavy atom. The van der Waals surface area contributed by atoms with Crippen molar-refractivity contribution in [2.24, 2.45) is 0 Å². The van der Waals surface area contributed by atoms with Gasteiger partial charge in [0.25, 0.3) is 0 Å². The van der Waals surface area contributed by atoms with Gasteiger partial charge in [-0.15, -0.1) is 0 Å². The topological polar surface area (TPSA) is 13.1 Å². The second kappa shape index (κ2) is 5.10. The molecule has 0 radical (unpaired) electrons. The fourth-order valence-corrected chi connectivity index (χ4v) is 4.26. The average molecular weight is 324 g/mol. The molecule has 0 aliphatic heterocycles. The van der Waals surface area contributed by atoms with Crippen LogP contribution in [0.25, 0.3) is 43.5 Å². The van der Waals surface area contributed by atoms with Crippen LogP contribution in [0, 0.1) is 6.92 Å². The number of hydrogen-bond acceptors (Lipinski definition) is 1. The van der Waals surface area contributed by atoms with Gasteiger partial charge in [0, 0.05) is 16.3 Å². The van der Waals surface area contributed by atoms with Gasteiger partial charge >= 0.3 is 0 Å². The lowest BCUT2D eigenvalue weighted by atomic mass is 9.94. The van der Waals surface area contributed by atoms with E-state index in [1.54, 1.807) is 0 Å². The lowest BCUT2D eigenvalue weighted by Gasteiger charge is -2.09. The van der Waals surface area contributed by atoms with Crippen LogP contribution in [0.1, 0.15) is 30.9 Å². The van der Waals surface area contributed by atoms with Crippen LogP contribution in [0.3, 0.4) is 0 Å². The van der Waals surface area contributed by atoms with E-state index in [2.05, 4.69) is 81.4 Å². The van der Waals surface area contributed by atoms with Crippen molar-refractivity contribution in [3.63, 3.8) is 0 Å². The second-order valence-corrected chi connectivity index (χ2v) is 7.25. The number of hydrogen-bond donors (Lipinski definition) is 0. The number of aryl methyl sites for hydroxylation is 1. The lowest BCUT2D eigenvalue weighted by Crippen LogP contribution is -1.92. The molecule has 1 nitrogen and oxygen atoms in total. The summed E-state index contributed by atoms with van der Waals surface area (Å²) in [5.41, 5.74) is 4.65. The molecule has 0 saturated carbocycles. The molecular formula is C24H20O. The second-order valence-electron chi connectivity index (χ2n) is 7.25. The third kappa shape index (κ3) is 1.96. The fourth-order valence-electron chi connectivity index (χ4n) is 4.26. The van der Waals surface area contributed by atoms with Crippen LogP contribution in [0.2, 0.25) is 0 Å². The standard InChI is InChI=1S/C24H20O/c1-14(2)22-15(3)8-10-20-23-19-11-9-16-6-4-5-7-17(16)18(19)12-13-21(23)25-24(20)22/h4-14H,1-3H3. The molecule has 0 saturated heterocycles. The van der Waals surface area contributed by atoms with Crippen molar-refractivity contribution in [3.05, 3.63) is 71.8 Å². The maximum Gasteiger partial charge on any atom is 0.139 e. The summed E-state index contributed by atoms with van der Waals surface area (Å²) in [6.45, 7) is 6.65. The highest BCUT2D eigenvalue weighted by Crippen LogP contribution is 2.40. The maximum atomic E-state index is 6.35. The van der Waals surface area contributed by atoms with E-state index in [1.807, 2.05) is 0 Å². The predicted molar refractivity (Wildman–Crippen MR) is 108 cm³/mol. The van der Waals surface area contributed by atoms with Gasteiger partial charge < -0.3 is 4.42 Å². The van der Waals surface area contributed by atoms with Gasteiger partial charge in [-0.2, -0.15) is 0 Å². The molecule has 5 rings (SSSR count). The van der Waals surface area contributed by atoms with Crippen LogP contribution in [0.15, 0.2) is 65.1 Å². The van der Waals surface area contributed by atoms with Crippen molar-refractivity contribution in [1.29, 1.82) is 0 Å². The quantitative estimate of drug-likeness (QED) is 0.294. The van der Waals surface area contributed by atoms with Gasteiger partial charge in [0.15, 0.2) is 0 Å². The third-order valence-corrected chi connectivity index (χ3v) is 5.36. The van der Waals surface area contributed by atoms with Crippen molar-refractivity contribution < 1.29 is 4.42 Å². The van der Waals surface area contributed by atoms with Gasteiger partial charge in [-0.1, -0.05) is 68.4 Å². The van der Waals surface area contributed by atoms with Crippen molar-refractivity contribution in [3.8, 4) is 0 Å². The first-order valence-electron chi connectivity index (χ1n) is 8.91. The molecule has 0 bridgehead atoms. The molecule has 122 valence electrons. The van der Waals surface area contributed by atoms with E-state index in [0.29, 0.717) is 5.92 Å². The Kier molecular flexibility index (Phi) is 2.96. The van der Waals surface area contributed by atoms with E-state index in [1.165, 1.54) is 43.4 Å². The first-order valence-corrected chi connectivity index (χ1v) is 8.91. The van der Waals surface area contributed by atoms with E-state index in [-0.39, 0.29) is 0 Å². The average Bonchev–Trinajstić information content (AvgIpc) is 2.99. The Hall–Kier alpha value is -2.80. The van der Waals surface area contributed by atoms with Crippen LogP contribution in [0.5, 0.6) is 0 Å². The van der Waals surface area contributed by atoms with Crippen LogP contribution in [0.4, 0.5) is 0 Å². The van der Waals surface area contributed by atoms with Crippen molar-refractivity contribution >= 4 is 43.5 Å². The summed E-state index contributed by atoms with van der Waals surface area (Å²) in [4.78, 5) is 0. The highest BCUT2D eigenvalue weighted by atomic mass is 16.3. The monoisotopic (exact) mass is 324 g/mol. The fraction of sp³-hybridized carbons (Fsp3) is 0.167. The molecule has 5 aromatic rings. The van der Waals surface area contributed by atoms with E-state index >= 15 is 0 Å². The minimum absolute atomic E-state index is 0.441. The molecular weight excluding hydrogens is 304 g/mol. The van der Waals surface area contributed by atoms with Crippen LogP contribution < -0.4 is 0 Å². The van der Waals surface area contributed by atoms with Crippen molar-refractivity contribution in [1.82, 2.24) is 0 Å². The van der Waals surface area contributed by atoms with Crippen LogP contribution >= 0.6 is 0 Å².